The number of rotatable bonds is 8. The zero-order valence-corrected chi connectivity index (χ0v) is 16.7. The topological polar surface area (TPSA) is 89.8 Å². The van der Waals surface area contributed by atoms with Gasteiger partial charge in [0.15, 0.2) is 5.13 Å². The van der Waals surface area contributed by atoms with Gasteiger partial charge in [-0.1, -0.05) is 23.5 Å². The van der Waals surface area contributed by atoms with Crippen LogP contribution < -0.4 is 10.1 Å². The van der Waals surface area contributed by atoms with Crippen LogP contribution in [0.1, 0.15) is 5.56 Å². The number of benzene rings is 2. The molecule has 0 aliphatic carbocycles. The standard InChI is InChI=1S/C20H22N4O4S/c25-24(26)16-4-5-18-19(13-16)29-20(22-18)21-14-15-2-1-3-17(12-15)28-11-8-23-6-9-27-10-7-23/h1-5,12-13H,6-11,14H2,(H,21,22). The minimum Gasteiger partial charge on any atom is -0.492 e. The fourth-order valence-electron chi connectivity index (χ4n) is 3.14. The molecule has 1 saturated heterocycles. The lowest BCUT2D eigenvalue weighted by Crippen LogP contribution is -2.38. The van der Waals surface area contributed by atoms with E-state index in [2.05, 4.69) is 15.2 Å². The molecule has 1 fully saturated rings. The molecule has 2 aromatic carbocycles. The molecule has 1 N–H and O–H groups in total. The molecule has 1 aliphatic heterocycles. The first-order valence-electron chi connectivity index (χ1n) is 9.48. The Morgan fingerprint density at radius 1 is 1.24 bits per heavy atom. The van der Waals surface area contributed by atoms with Gasteiger partial charge >= 0.3 is 0 Å². The molecule has 1 aliphatic rings. The van der Waals surface area contributed by atoms with E-state index in [-0.39, 0.29) is 5.69 Å². The zero-order chi connectivity index (χ0) is 20.1. The number of fused-ring (bicyclic) bond motifs is 1. The van der Waals surface area contributed by atoms with Crippen molar-refractivity contribution in [3.05, 3.63) is 58.1 Å². The van der Waals surface area contributed by atoms with Crippen LogP contribution in [0.15, 0.2) is 42.5 Å². The second kappa shape index (κ2) is 9.17. The quantitative estimate of drug-likeness (QED) is 0.445. The Kier molecular flexibility index (Phi) is 6.18. The van der Waals surface area contributed by atoms with Gasteiger partial charge in [-0.25, -0.2) is 4.98 Å². The van der Waals surface area contributed by atoms with Gasteiger partial charge < -0.3 is 14.8 Å². The van der Waals surface area contributed by atoms with Crippen LogP contribution in [-0.4, -0.2) is 54.3 Å². The Bertz CT molecular complexity index is 988. The van der Waals surface area contributed by atoms with Crippen molar-refractivity contribution in [2.24, 2.45) is 0 Å². The normalized spacial score (nSPS) is 14.8. The number of aromatic nitrogens is 1. The monoisotopic (exact) mass is 414 g/mol. The summed E-state index contributed by atoms with van der Waals surface area (Å²) in [6.45, 7) is 5.64. The molecule has 2 heterocycles. The minimum absolute atomic E-state index is 0.0784. The Labute approximate surface area is 172 Å². The summed E-state index contributed by atoms with van der Waals surface area (Å²) in [5.41, 5.74) is 1.91. The summed E-state index contributed by atoms with van der Waals surface area (Å²) in [5, 5.41) is 14.9. The molecule has 0 bridgehead atoms. The van der Waals surface area contributed by atoms with Crippen molar-refractivity contribution in [2.75, 3.05) is 44.8 Å². The third kappa shape index (κ3) is 5.20. The zero-order valence-electron chi connectivity index (χ0n) is 15.9. The number of morpholine rings is 1. The molecule has 9 heteroatoms. The van der Waals surface area contributed by atoms with Gasteiger partial charge in [-0.15, -0.1) is 0 Å². The molecule has 0 spiro atoms. The first-order chi connectivity index (χ1) is 14.2. The molecule has 3 aromatic rings. The van der Waals surface area contributed by atoms with Crippen molar-refractivity contribution in [1.29, 1.82) is 0 Å². The maximum atomic E-state index is 10.9. The van der Waals surface area contributed by atoms with Crippen LogP contribution in [-0.2, 0) is 11.3 Å². The molecule has 8 nitrogen and oxygen atoms in total. The highest BCUT2D eigenvalue weighted by Crippen LogP contribution is 2.29. The van der Waals surface area contributed by atoms with Gasteiger partial charge in [0.2, 0.25) is 0 Å². The van der Waals surface area contributed by atoms with Gasteiger partial charge in [-0.05, 0) is 23.8 Å². The van der Waals surface area contributed by atoms with Gasteiger partial charge in [0.25, 0.3) is 5.69 Å². The van der Waals surface area contributed by atoms with Gasteiger partial charge in [-0.3, -0.25) is 15.0 Å². The maximum absolute atomic E-state index is 10.9. The smallest absolute Gasteiger partial charge is 0.270 e. The highest BCUT2D eigenvalue weighted by Gasteiger charge is 2.11. The second-order valence-corrected chi connectivity index (χ2v) is 7.76. The fourth-order valence-corrected chi connectivity index (χ4v) is 4.04. The van der Waals surface area contributed by atoms with E-state index < -0.39 is 4.92 Å². The highest BCUT2D eigenvalue weighted by molar-refractivity contribution is 7.22. The average Bonchev–Trinajstić information content (AvgIpc) is 3.15. The number of hydrogen-bond acceptors (Lipinski definition) is 8. The lowest BCUT2D eigenvalue weighted by Gasteiger charge is -2.26. The van der Waals surface area contributed by atoms with Crippen molar-refractivity contribution in [3.63, 3.8) is 0 Å². The largest absolute Gasteiger partial charge is 0.492 e. The summed E-state index contributed by atoms with van der Waals surface area (Å²) in [5.74, 6) is 0.845. The Hall–Kier alpha value is -2.75. The number of nitrogens with one attached hydrogen (secondary N) is 1. The van der Waals surface area contributed by atoms with Crippen LogP contribution in [0.25, 0.3) is 10.2 Å². The molecule has 1 aromatic heterocycles. The van der Waals surface area contributed by atoms with Gasteiger partial charge in [0.1, 0.15) is 12.4 Å². The third-order valence-electron chi connectivity index (χ3n) is 4.70. The van der Waals surface area contributed by atoms with Crippen molar-refractivity contribution in [3.8, 4) is 5.75 Å². The third-order valence-corrected chi connectivity index (χ3v) is 5.68. The summed E-state index contributed by atoms with van der Waals surface area (Å²) in [4.78, 5) is 17.4. The Morgan fingerprint density at radius 2 is 2.10 bits per heavy atom. The highest BCUT2D eigenvalue weighted by atomic mass is 32.1. The SMILES string of the molecule is O=[N+]([O-])c1ccc2nc(NCc3cccc(OCCN4CCOCC4)c3)sc2c1. The number of nitrogens with zero attached hydrogens (tertiary/aromatic N) is 3. The van der Waals surface area contributed by atoms with E-state index in [1.165, 1.54) is 17.4 Å². The summed E-state index contributed by atoms with van der Waals surface area (Å²) in [7, 11) is 0. The van der Waals surface area contributed by atoms with E-state index in [0.717, 1.165) is 59.5 Å². The maximum Gasteiger partial charge on any atom is 0.270 e. The van der Waals surface area contributed by atoms with Gasteiger partial charge in [0.05, 0.1) is 28.4 Å². The van der Waals surface area contributed by atoms with Gasteiger partial charge in [-0.2, -0.15) is 0 Å². The van der Waals surface area contributed by atoms with Crippen LogP contribution >= 0.6 is 11.3 Å². The van der Waals surface area contributed by atoms with Crippen LogP contribution in [0.2, 0.25) is 0 Å². The molecule has 0 saturated carbocycles. The molecule has 4 rings (SSSR count). The fraction of sp³-hybridized carbons (Fsp3) is 0.350. The molecular weight excluding hydrogens is 392 g/mol. The van der Waals surface area contributed by atoms with Crippen LogP contribution in [0.3, 0.4) is 0 Å². The number of hydrogen-bond donors (Lipinski definition) is 1. The summed E-state index contributed by atoms with van der Waals surface area (Å²) in [6, 6.07) is 12.7. The Balaban J connectivity index is 1.32. The van der Waals surface area contributed by atoms with Gasteiger partial charge in [0, 0.05) is 38.3 Å². The molecule has 0 amide bonds. The predicted molar refractivity (Wildman–Crippen MR) is 113 cm³/mol. The first kappa shape index (κ1) is 19.6. The molecule has 0 unspecified atom stereocenters. The lowest BCUT2D eigenvalue weighted by molar-refractivity contribution is -0.384. The number of ether oxygens (including phenoxy) is 2. The number of nitro groups is 1. The van der Waals surface area contributed by atoms with Crippen LogP contribution in [0.5, 0.6) is 5.75 Å². The van der Waals surface area contributed by atoms with E-state index in [0.29, 0.717) is 13.2 Å². The van der Waals surface area contributed by atoms with Crippen molar-refractivity contribution >= 4 is 32.4 Å². The predicted octanol–water partition coefficient (Wildman–Crippen LogP) is 3.53. The van der Waals surface area contributed by atoms with Crippen LogP contribution in [0, 0.1) is 10.1 Å². The van der Waals surface area contributed by atoms with E-state index in [1.54, 1.807) is 12.1 Å². The van der Waals surface area contributed by atoms with Crippen molar-refractivity contribution < 1.29 is 14.4 Å². The number of nitro benzene ring substituents is 1. The first-order valence-corrected chi connectivity index (χ1v) is 10.3. The summed E-state index contributed by atoms with van der Waals surface area (Å²) >= 11 is 1.41. The number of non-ortho nitro benzene ring substituents is 1. The second-order valence-electron chi connectivity index (χ2n) is 6.73. The number of thiazole rings is 1. The molecule has 29 heavy (non-hydrogen) atoms. The molecular formula is C20H22N4O4S. The molecule has 0 radical (unpaired) electrons. The Morgan fingerprint density at radius 3 is 2.93 bits per heavy atom. The van der Waals surface area contributed by atoms with E-state index in [4.69, 9.17) is 9.47 Å². The van der Waals surface area contributed by atoms with E-state index >= 15 is 0 Å². The molecule has 152 valence electrons. The van der Waals surface area contributed by atoms with Crippen molar-refractivity contribution in [2.45, 2.75) is 6.54 Å². The van der Waals surface area contributed by atoms with Crippen molar-refractivity contribution in [1.82, 2.24) is 9.88 Å². The minimum atomic E-state index is -0.392. The van der Waals surface area contributed by atoms with E-state index in [1.807, 2.05) is 24.3 Å². The summed E-state index contributed by atoms with van der Waals surface area (Å²) in [6.07, 6.45) is 0. The van der Waals surface area contributed by atoms with E-state index in [9.17, 15) is 10.1 Å². The lowest BCUT2D eigenvalue weighted by atomic mass is 10.2. The van der Waals surface area contributed by atoms with Crippen LogP contribution in [0.4, 0.5) is 10.8 Å². The molecule has 0 atom stereocenters. The number of anilines is 1. The summed E-state index contributed by atoms with van der Waals surface area (Å²) < 4.78 is 12.0. The average molecular weight is 414 g/mol.